The first-order chi connectivity index (χ1) is 11.9. The number of aliphatic imine (C=N–C) groups is 1. The number of piperidine rings is 1. The van der Waals surface area contributed by atoms with Gasteiger partial charge < -0.3 is 15.2 Å². The van der Waals surface area contributed by atoms with Crippen LogP contribution < -0.4 is 10.6 Å². The Morgan fingerprint density at radius 3 is 2.50 bits per heavy atom. The Morgan fingerprint density at radius 2 is 1.92 bits per heavy atom. The molecule has 148 valence electrons. The van der Waals surface area contributed by atoms with Crippen molar-refractivity contribution in [2.24, 2.45) is 12.0 Å². The molecule has 0 amide bonds. The molecule has 0 radical (unpaired) electrons. The van der Waals surface area contributed by atoms with Gasteiger partial charge in [0, 0.05) is 25.7 Å². The van der Waals surface area contributed by atoms with Gasteiger partial charge in [0.25, 0.3) is 0 Å². The Bertz CT molecular complexity index is 588. The summed E-state index contributed by atoms with van der Waals surface area (Å²) in [7, 11) is 1.96. The van der Waals surface area contributed by atoms with Gasteiger partial charge >= 0.3 is 0 Å². The van der Waals surface area contributed by atoms with E-state index in [1.807, 2.05) is 24.6 Å². The molecule has 1 aliphatic rings. The van der Waals surface area contributed by atoms with Crippen molar-refractivity contribution in [2.45, 2.75) is 52.1 Å². The standard InChI is InChI=1S/C18H33N7.HI/c1-6-10-19-17(20-13-16-23-22-15(2)24(16)5)21-14-18(3,4)25-11-8-7-9-12-25;/h6H,1,7-14H2,2-5H3,(H2,19,20,21);1H. The van der Waals surface area contributed by atoms with Crippen LogP contribution in [-0.2, 0) is 13.6 Å². The van der Waals surface area contributed by atoms with Gasteiger partial charge in [0.15, 0.2) is 11.8 Å². The van der Waals surface area contributed by atoms with E-state index in [-0.39, 0.29) is 29.5 Å². The molecule has 2 N–H and O–H groups in total. The molecule has 2 heterocycles. The van der Waals surface area contributed by atoms with Crippen molar-refractivity contribution in [2.75, 3.05) is 26.2 Å². The second kappa shape index (κ2) is 10.9. The summed E-state index contributed by atoms with van der Waals surface area (Å²) in [6.45, 7) is 14.7. The minimum atomic E-state index is 0. The lowest BCUT2D eigenvalue weighted by molar-refractivity contribution is 0.0982. The molecule has 1 saturated heterocycles. The number of rotatable bonds is 7. The Morgan fingerprint density at radius 1 is 1.23 bits per heavy atom. The van der Waals surface area contributed by atoms with E-state index >= 15 is 0 Å². The number of hydrogen-bond donors (Lipinski definition) is 2. The van der Waals surface area contributed by atoms with E-state index in [1.165, 1.54) is 32.4 Å². The Hall–Kier alpha value is -1.16. The van der Waals surface area contributed by atoms with Crippen molar-refractivity contribution in [3.8, 4) is 0 Å². The van der Waals surface area contributed by atoms with Crippen LogP contribution in [0.15, 0.2) is 17.6 Å². The van der Waals surface area contributed by atoms with Crippen molar-refractivity contribution in [1.29, 1.82) is 0 Å². The Labute approximate surface area is 174 Å². The minimum Gasteiger partial charge on any atom is -0.355 e. The fraction of sp³-hybridized carbons (Fsp3) is 0.722. The van der Waals surface area contributed by atoms with Crippen LogP contribution in [0.2, 0.25) is 0 Å². The number of likely N-dealkylation sites (tertiary alicyclic amines) is 1. The second-order valence-corrected chi connectivity index (χ2v) is 7.27. The van der Waals surface area contributed by atoms with Crippen molar-refractivity contribution >= 4 is 29.9 Å². The molecule has 0 unspecified atom stereocenters. The molecule has 1 aromatic heterocycles. The highest BCUT2D eigenvalue weighted by atomic mass is 127. The number of nitrogens with zero attached hydrogens (tertiary/aromatic N) is 5. The summed E-state index contributed by atoms with van der Waals surface area (Å²) < 4.78 is 1.96. The molecular weight excluding hydrogens is 441 g/mol. The number of aryl methyl sites for hydroxylation is 1. The van der Waals surface area contributed by atoms with Crippen molar-refractivity contribution in [3.05, 3.63) is 24.3 Å². The number of nitrogens with one attached hydrogen (secondary N) is 2. The van der Waals surface area contributed by atoms with Gasteiger partial charge in [0.2, 0.25) is 0 Å². The maximum atomic E-state index is 4.66. The molecule has 0 saturated carbocycles. The van der Waals surface area contributed by atoms with E-state index in [9.17, 15) is 0 Å². The van der Waals surface area contributed by atoms with E-state index in [2.05, 4.69) is 51.1 Å². The summed E-state index contributed by atoms with van der Waals surface area (Å²) in [5, 5.41) is 15.0. The highest BCUT2D eigenvalue weighted by Gasteiger charge is 2.27. The zero-order valence-electron chi connectivity index (χ0n) is 16.6. The Balaban J connectivity index is 0.00000338. The summed E-state index contributed by atoms with van der Waals surface area (Å²) >= 11 is 0. The SMILES string of the molecule is C=CCNC(=NCc1nnc(C)n1C)NCC(C)(C)N1CCCCC1.I. The average molecular weight is 475 g/mol. The lowest BCUT2D eigenvalue weighted by Crippen LogP contribution is -2.54. The number of guanidine groups is 1. The average Bonchev–Trinajstić information content (AvgIpc) is 2.94. The fourth-order valence-corrected chi connectivity index (χ4v) is 2.99. The van der Waals surface area contributed by atoms with E-state index in [4.69, 9.17) is 0 Å². The lowest BCUT2D eigenvalue weighted by Gasteiger charge is -2.41. The van der Waals surface area contributed by atoms with Crippen LogP contribution in [0.4, 0.5) is 0 Å². The first-order valence-corrected chi connectivity index (χ1v) is 9.17. The summed E-state index contributed by atoms with van der Waals surface area (Å²) in [6.07, 6.45) is 5.78. The van der Waals surface area contributed by atoms with Crippen LogP contribution in [0.25, 0.3) is 0 Å². The highest BCUT2D eigenvalue weighted by Crippen LogP contribution is 2.19. The van der Waals surface area contributed by atoms with Gasteiger partial charge in [-0.2, -0.15) is 0 Å². The van der Waals surface area contributed by atoms with Crippen LogP contribution in [0.1, 0.15) is 44.8 Å². The third kappa shape index (κ3) is 6.53. The number of hydrogen-bond acceptors (Lipinski definition) is 4. The van der Waals surface area contributed by atoms with Crippen molar-refractivity contribution < 1.29 is 0 Å². The molecule has 2 rings (SSSR count). The first-order valence-electron chi connectivity index (χ1n) is 9.17. The Kier molecular flexibility index (Phi) is 9.56. The maximum absolute atomic E-state index is 4.66. The van der Waals surface area contributed by atoms with Gasteiger partial charge in [-0.3, -0.25) is 4.90 Å². The van der Waals surface area contributed by atoms with Crippen LogP contribution in [-0.4, -0.2) is 57.3 Å². The van der Waals surface area contributed by atoms with Gasteiger partial charge in [-0.25, -0.2) is 4.99 Å². The van der Waals surface area contributed by atoms with E-state index in [0.29, 0.717) is 13.1 Å². The smallest absolute Gasteiger partial charge is 0.192 e. The predicted octanol–water partition coefficient (Wildman–Crippen LogP) is 2.23. The molecular formula is C18H34IN7. The quantitative estimate of drug-likeness (QED) is 0.274. The predicted molar refractivity (Wildman–Crippen MR) is 118 cm³/mol. The molecule has 7 nitrogen and oxygen atoms in total. The maximum Gasteiger partial charge on any atom is 0.192 e. The molecule has 0 atom stereocenters. The molecule has 1 fully saturated rings. The van der Waals surface area contributed by atoms with Gasteiger partial charge in [0.1, 0.15) is 12.4 Å². The molecule has 1 aliphatic heterocycles. The van der Waals surface area contributed by atoms with Crippen molar-refractivity contribution in [1.82, 2.24) is 30.3 Å². The molecule has 8 heteroatoms. The summed E-state index contributed by atoms with van der Waals surface area (Å²) in [5.74, 6) is 2.53. The van der Waals surface area contributed by atoms with E-state index < -0.39 is 0 Å². The molecule has 0 spiro atoms. The fourth-order valence-electron chi connectivity index (χ4n) is 2.99. The normalized spacial score (nSPS) is 16.1. The third-order valence-corrected chi connectivity index (χ3v) is 4.88. The second-order valence-electron chi connectivity index (χ2n) is 7.27. The summed E-state index contributed by atoms with van der Waals surface area (Å²) in [4.78, 5) is 7.23. The highest BCUT2D eigenvalue weighted by molar-refractivity contribution is 14.0. The number of aromatic nitrogens is 3. The minimum absolute atomic E-state index is 0. The largest absolute Gasteiger partial charge is 0.355 e. The summed E-state index contributed by atoms with van der Waals surface area (Å²) in [5.41, 5.74) is 0.0957. The number of halogens is 1. The van der Waals surface area contributed by atoms with Crippen LogP contribution >= 0.6 is 24.0 Å². The van der Waals surface area contributed by atoms with Gasteiger partial charge in [-0.15, -0.1) is 40.8 Å². The zero-order valence-corrected chi connectivity index (χ0v) is 18.9. The van der Waals surface area contributed by atoms with Crippen LogP contribution in [0, 0.1) is 6.92 Å². The lowest BCUT2D eigenvalue weighted by atomic mass is 9.98. The summed E-state index contributed by atoms with van der Waals surface area (Å²) in [6, 6.07) is 0. The molecule has 0 aromatic carbocycles. The van der Waals surface area contributed by atoms with Crippen molar-refractivity contribution in [3.63, 3.8) is 0 Å². The molecule has 1 aromatic rings. The molecule has 0 bridgehead atoms. The monoisotopic (exact) mass is 475 g/mol. The topological polar surface area (TPSA) is 70.4 Å². The third-order valence-electron chi connectivity index (χ3n) is 4.88. The molecule has 0 aliphatic carbocycles. The zero-order chi connectivity index (χ0) is 18.3. The van der Waals surface area contributed by atoms with Gasteiger partial charge in [0.05, 0.1) is 0 Å². The van der Waals surface area contributed by atoms with E-state index in [0.717, 1.165) is 24.2 Å². The van der Waals surface area contributed by atoms with E-state index in [1.54, 1.807) is 0 Å². The van der Waals surface area contributed by atoms with Gasteiger partial charge in [-0.05, 0) is 46.7 Å². The van der Waals surface area contributed by atoms with Crippen LogP contribution in [0.5, 0.6) is 0 Å². The van der Waals surface area contributed by atoms with Gasteiger partial charge in [-0.1, -0.05) is 12.5 Å². The molecule has 26 heavy (non-hydrogen) atoms. The van der Waals surface area contributed by atoms with Crippen LogP contribution in [0.3, 0.4) is 0 Å². The first kappa shape index (κ1) is 22.9.